The van der Waals surface area contributed by atoms with Crippen molar-refractivity contribution in [1.82, 2.24) is 15.1 Å². The lowest BCUT2D eigenvalue weighted by Gasteiger charge is -2.22. The van der Waals surface area contributed by atoms with Gasteiger partial charge in [0, 0.05) is 19.6 Å². The molecular weight excluding hydrogens is 206 g/mol. The standard InChI is InChI=1S/C11H23N3O2/c1-5-12-10(15)8-13(4)9-11(16)14(6-2)7-3/h5-9H2,1-4H3,(H,12,15). The van der Waals surface area contributed by atoms with Crippen molar-refractivity contribution < 1.29 is 9.59 Å². The zero-order valence-electron chi connectivity index (χ0n) is 10.7. The zero-order valence-corrected chi connectivity index (χ0v) is 10.7. The largest absolute Gasteiger partial charge is 0.355 e. The predicted molar refractivity (Wildman–Crippen MR) is 64.1 cm³/mol. The highest BCUT2D eigenvalue weighted by Crippen LogP contribution is 1.92. The minimum absolute atomic E-state index is 0.0441. The van der Waals surface area contributed by atoms with E-state index in [2.05, 4.69) is 5.32 Å². The highest BCUT2D eigenvalue weighted by molar-refractivity contribution is 5.81. The summed E-state index contributed by atoms with van der Waals surface area (Å²) >= 11 is 0. The van der Waals surface area contributed by atoms with Crippen LogP contribution in [0.1, 0.15) is 20.8 Å². The maximum atomic E-state index is 11.7. The van der Waals surface area contributed by atoms with Gasteiger partial charge in [0.05, 0.1) is 13.1 Å². The summed E-state index contributed by atoms with van der Waals surface area (Å²) in [6.07, 6.45) is 0. The summed E-state index contributed by atoms with van der Waals surface area (Å²) in [4.78, 5) is 26.5. The second-order valence-electron chi connectivity index (χ2n) is 3.69. The van der Waals surface area contributed by atoms with E-state index < -0.39 is 0 Å². The van der Waals surface area contributed by atoms with E-state index in [1.54, 1.807) is 16.8 Å². The fraction of sp³-hybridized carbons (Fsp3) is 0.818. The normalized spacial score (nSPS) is 10.3. The molecule has 0 bridgehead atoms. The number of nitrogens with one attached hydrogen (secondary N) is 1. The van der Waals surface area contributed by atoms with Gasteiger partial charge in [0.25, 0.3) is 0 Å². The summed E-state index contributed by atoms with van der Waals surface area (Å²) in [6, 6.07) is 0. The van der Waals surface area contributed by atoms with E-state index in [4.69, 9.17) is 0 Å². The number of hydrogen-bond donors (Lipinski definition) is 1. The lowest BCUT2D eigenvalue weighted by Crippen LogP contribution is -2.42. The third kappa shape index (κ3) is 5.70. The molecule has 0 fully saturated rings. The fourth-order valence-corrected chi connectivity index (χ4v) is 1.46. The molecule has 0 aliphatic rings. The SMILES string of the molecule is CCNC(=O)CN(C)CC(=O)N(CC)CC. The Morgan fingerprint density at radius 1 is 1.06 bits per heavy atom. The van der Waals surface area contributed by atoms with Gasteiger partial charge >= 0.3 is 0 Å². The molecule has 0 aliphatic heterocycles. The molecule has 0 saturated heterocycles. The van der Waals surface area contributed by atoms with E-state index in [1.807, 2.05) is 20.8 Å². The van der Waals surface area contributed by atoms with Crippen LogP contribution in [0.3, 0.4) is 0 Å². The minimum atomic E-state index is -0.0441. The number of carbonyl (C=O) groups excluding carboxylic acids is 2. The van der Waals surface area contributed by atoms with Gasteiger partial charge in [-0.05, 0) is 27.8 Å². The topological polar surface area (TPSA) is 52.7 Å². The first kappa shape index (κ1) is 14.9. The van der Waals surface area contributed by atoms with E-state index in [0.29, 0.717) is 26.2 Å². The molecule has 0 rings (SSSR count). The van der Waals surface area contributed by atoms with Gasteiger partial charge in [0.1, 0.15) is 0 Å². The summed E-state index contributed by atoms with van der Waals surface area (Å²) in [5.74, 6) is 0.0224. The van der Waals surface area contributed by atoms with Gasteiger partial charge < -0.3 is 10.2 Å². The Balaban J connectivity index is 3.99. The number of carbonyl (C=O) groups is 2. The van der Waals surface area contributed by atoms with E-state index in [0.717, 1.165) is 0 Å². The Morgan fingerprint density at radius 3 is 2.06 bits per heavy atom. The Bertz CT molecular complexity index is 227. The van der Waals surface area contributed by atoms with Crippen LogP contribution in [-0.2, 0) is 9.59 Å². The van der Waals surface area contributed by atoms with Crippen molar-refractivity contribution in [2.24, 2.45) is 0 Å². The summed E-state index contributed by atoms with van der Waals surface area (Å²) in [7, 11) is 1.77. The van der Waals surface area contributed by atoms with Crippen molar-refractivity contribution in [3.8, 4) is 0 Å². The van der Waals surface area contributed by atoms with Crippen molar-refractivity contribution in [2.75, 3.05) is 39.8 Å². The van der Waals surface area contributed by atoms with Crippen LogP contribution in [0.2, 0.25) is 0 Å². The van der Waals surface area contributed by atoms with Crippen LogP contribution in [0.4, 0.5) is 0 Å². The van der Waals surface area contributed by atoms with E-state index >= 15 is 0 Å². The van der Waals surface area contributed by atoms with Crippen LogP contribution in [0.5, 0.6) is 0 Å². The average molecular weight is 229 g/mol. The second-order valence-corrected chi connectivity index (χ2v) is 3.69. The molecule has 94 valence electrons. The fourth-order valence-electron chi connectivity index (χ4n) is 1.46. The molecule has 0 unspecified atom stereocenters. The van der Waals surface area contributed by atoms with Gasteiger partial charge in [-0.1, -0.05) is 0 Å². The minimum Gasteiger partial charge on any atom is -0.355 e. The molecule has 0 aromatic heterocycles. The van der Waals surface area contributed by atoms with Gasteiger partial charge in [-0.2, -0.15) is 0 Å². The molecule has 0 aromatic carbocycles. The molecular formula is C11H23N3O2. The zero-order chi connectivity index (χ0) is 12.6. The van der Waals surface area contributed by atoms with Crippen molar-refractivity contribution in [1.29, 1.82) is 0 Å². The van der Waals surface area contributed by atoms with E-state index in [-0.39, 0.29) is 18.4 Å². The Kier molecular flexibility index (Phi) is 7.54. The lowest BCUT2D eigenvalue weighted by atomic mass is 10.4. The number of likely N-dealkylation sites (N-methyl/N-ethyl adjacent to an activating group) is 3. The van der Waals surface area contributed by atoms with Gasteiger partial charge in [-0.15, -0.1) is 0 Å². The molecule has 0 spiro atoms. The molecule has 1 N–H and O–H groups in total. The van der Waals surface area contributed by atoms with Crippen molar-refractivity contribution in [3.63, 3.8) is 0 Å². The number of rotatable bonds is 7. The lowest BCUT2D eigenvalue weighted by molar-refractivity contribution is -0.132. The molecule has 0 radical (unpaired) electrons. The molecule has 5 heteroatoms. The van der Waals surface area contributed by atoms with Crippen LogP contribution in [0.15, 0.2) is 0 Å². The predicted octanol–water partition coefficient (Wildman–Crippen LogP) is -0.0773. The quantitative estimate of drug-likeness (QED) is 0.664. The third-order valence-corrected chi connectivity index (χ3v) is 2.31. The first-order valence-electron chi connectivity index (χ1n) is 5.78. The van der Waals surface area contributed by atoms with Gasteiger partial charge in [-0.25, -0.2) is 0 Å². The van der Waals surface area contributed by atoms with Crippen LogP contribution in [0.25, 0.3) is 0 Å². The molecule has 5 nitrogen and oxygen atoms in total. The molecule has 2 amide bonds. The Hall–Kier alpha value is -1.10. The van der Waals surface area contributed by atoms with E-state index in [1.165, 1.54) is 0 Å². The Morgan fingerprint density at radius 2 is 1.62 bits per heavy atom. The number of amides is 2. The number of nitrogens with zero attached hydrogens (tertiary/aromatic N) is 2. The Labute approximate surface area is 97.8 Å². The monoisotopic (exact) mass is 229 g/mol. The van der Waals surface area contributed by atoms with Gasteiger partial charge in [0.2, 0.25) is 11.8 Å². The second kappa shape index (κ2) is 8.10. The van der Waals surface area contributed by atoms with Crippen molar-refractivity contribution in [3.05, 3.63) is 0 Å². The summed E-state index contributed by atoms with van der Waals surface area (Å²) in [5.41, 5.74) is 0. The molecule has 0 heterocycles. The smallest absolute Gasteiger partial charge is 0.236 e. The van der Waals surface area contributed by atoms with Gasteiger partial charge in [0.15, 0.2) is 0 Å². The first-order valence-corrected chi connectivity index (χ1v) is 5.78. The van der Waals surface area contributed by atoms with Crippen molar-refractivity contribution in [2.45, 2.75) is 20.8 Å². The van der Waals surface area contributed by atoms with Crippen molar-refractivity contribution >= 4 is 11.8 Å². The molecule has 0 aliphatic carbocycles. The number of hydrogen-bond acceptors (Lipinski definition) is 3. The highest BCUT2D eigenvalue weighted by atomic mass is 16.2. The maximum Gasteiger partial charge on any atom is 0.236 e. The van der Waals surface area contributed by atoms with E-state index in [9.17, 15) is 9.59 Å². The van der Waals surface area contributed by atoms with Crippen LogP contribution < -0.4 is 5.32 Å². The molecule has 0 aromatic rings. The first-order chi connectivity index (χ1) is 7.54. The molecule has 0 atom stereocenters. The van der Waals surface area contributed by atoms with Crippen LogP contribution in [0, 0.1) is 0 Å². The highest BCUT2D eigenvalue weighted by Gasteiger charge is 2.13. The third-order valence-electron chi connectivity index (χ3n) is 2.31. The maximum absolute atomic E-state index is 11.7. The molecule has 16 heavy (non-hydrogen) atoms. The summed E-state index contributed by atoms with van der Waals surface area (Å²) in [5, 5.41) is 2.70. The summed E-state index contributed by atoms with van der Waals surface area (Å²) < 4.78 is 0. The van der Waals surface area contributed by atoms with Crippen LogP contribution in [-0.4, -0.2) is 61.4 Å². The average Bonchev–Trinajstić information content (AvgIpc) is 2.19. The summed E-state index contributed by atoms with van der Waals surface area (Å²) in [6.45, 7) is 8.38. The van der Waals surface area contributed by atoms with Crippen LogP contribution >= 0.6 is 0 Å². The molecule has 0 saturated carbocycles. The van der Waals surface area contributed by atoms with Gasteiger partial charge in [-0.3, -0.25) is 14.5 Å².